The number of carbonyl (C=O) groups excluding carboxylic acids is 1. The topological polar surface area (TPSA) is 38.1 Å². The summed E-state index contributed by atoms with van der Waals surface area (Å²) in [7, 11) is 3.43. The molecule has 0 spiro atoms. The highest BCUT2D eigenvalue weighted by molar-refractivity contribution is 6.41. The summed E-state index contributed by atoms with van der Waals surface area (Å²) in [5, 5.41) is 0.738. The first-order chi connectivity index (χ1) is 9.00. The summed E-state index contributed by atoms with van der Waals surface area (Å²) in [5.41, 5.74) is 1.42. The molecule has 0 aromatic carbocycles. The van der Waals surface area contributed by atoms with Crippen molar-refractivity contribution in [3.05, 3.63) is 52.0 Å². The molecule has 0 radical (unpaired) electrons. The van der Waals surface area contributed by atoms with Gasteiger partial charge < -0.3 is 9.47 Å². The fourth-order valence-corrected chi connectivity index (χ4v) is 2.16. The first-order valence-corrected chi connectivity index (χ1v) is 6.41. The van der Waals surface area contributed by atoms with Crippen molar-refractivity contribution in [1.82, 2.24) is 14.5 Å². The average Bonchev–Trinajstić information content (AvgIpc) is 2.67. The third kappa shape index (κ3) is 2.91. The average molecular weight is 298 g/mol. The van der Waals surface area contributed by atoms with E-state index in [2.05, 4.69) is 4.98 Å². The predicted molar refractivity (Wildman–Crippen MR) is 75.5 cm³/mol. The molecule has 2 heterocycles. The first-order valence-electron chi connectivity index (χ1n) is 5.65. The van der Waals surface area contributed by atoms with Gasteiger partial charge in [0.15, 0.2) is 0 Å². The van der Waals surface area contributed by atoms with E-state index < -0.39 is 0 Å². The van der Waals surface area contributed by atoms with Crippen LogP contribution in [0.25, 0.3) is 0 Å². The molecule has 0 fully saturated rings. The van der Waals surface area contributed by atoms with Crippen molar-refractivity contribution in [3.8, 4) is 0 Å². The Kier molecular flexibility index (Phi) is 4.12. The molecule has 2 rings (SSSR count). The summed E-state index contributed by atoms with van der Waals surface area (Å²) in [6, 6.07) is 5.33. The highest BCUT2D eigenvalue weighted by Gasteiger charge is 2.19. The van der Waals surface area contributed by atoms with Gasteiger partial charge in [0, 0.05) is 33.0 Å². The summed E-state index contributed by atoms with van der Waals surface area (Å²) in [5.74, 6) is -0.139. The van der Waals surface area contributed by atoms with Gasteiger partial charge in [0.2, 0.25) is 0 Å². The Bertz CT molecular complexity index is 595. The van der Waals surface area contributed by atoms with E-state index in [1.807, 2.05) is 12.1 Å². The molecule has 0 atom stereocenters. The van der Waals surface area contributed by atoms with Crippen LogP contribution in [0.15, 0.2) is 30.6 Å². The molecule has 19 heavy (non-hydrogen) atoms. The lowest BCUT2D eigenvalue weighted by Crippen LogP contribution is -2.27. The highest BCUT2D eigenvalue weighted by atomic mass is 35.5. The monoisotopic (exact) mass is 297 g/mol. The third-order valence-electron chi connectivity index (χ3n) is 2.82. The molecule has 0 unspecified atom stereocenters. The standard InChI is InChI=1S/C13H13Cl2N3O/c1-17(8-9-4-3-5-16-7-9)13(19)11-6-10(14)12(15)18(11)2/h3-7H,8H2,1-2H3. The molecule has 0 aliphatic rings. The number of hydrogen-bond donors (Lipinski definition) is 0. The molecule has 2 aromatic heterocycles. The van der Waals surface area contributed by atoms with Crippen molar-refractivity contribution in [2.45, 2.75) is 6.54 Å². The van der Waals surface area contributed by atoms with Crippen molar-refractivity contribution in [1.29, 1.82) is 0 Å². The largest absolute Gasteiger partial charge is 0.336 e. The Morgan fingerprint density at radius 1 is 1.47 bits per heavy atom. The predicted octanol–water partition coefficient (Wildman–Crippen LogP) is 3.00. The summed E-state index contributed by atoms with van der Waals surface area (Å²) in [6.07, 6.45) is 3.43. The molecule has 6 heteroatoms. The zero-order valence-electron chi connectivity index (χ0n) is 10.6. The Balaban J connectivity index is 2.17. The summed E-state index contributed by atoms with van der Waals surface area (Å²) < 4.78 is 1.58. The van der Waals surface area contributed by atoms with E-state index in [-0.39, 0.29) is 5.91 Å². The molecule has 0 saturated carbocycles. The van der Waals surface area contributed by atoms with Gasteiger partial charge in [0.25, 0.3) is 5.91 Å². The quantitative estimate of drug-likeness (QED) is 0.873. The van der Waals surface area contributed by atoms with Gasteiger partial charge in [-0.1, -0.05) is 29.3 Å². The Hall–Kier alpha value is -1.52. The molecule has 1 amide bonds. The zero-order chi connectivity index (χ0) is 14.0. The zero-order valence-corrected chi connectivity index (χ0v) is 12.1. The maximum Gasteiger partial charge on any atom is 0.270 e. The number of nitrogens with zero attached hydrogens (tertiary/aromatic N) is 3. The van der Waals surface area contributed by atoms with Crippen molar-refractivity contribution < 1.29 is 4.79 Å². The molecule has 0 bridgehead atoms. The van der Waals surface area contributed by atoms with Gasteiger partial charge in [0.05, 0.1) is 5.02 Å². The van der Waals surface area contributed by atoms with E-state index >= 15 is 0 Å². The fraction of sp³-hybridized carbons (Fsp3) is 0.231. The minimum atomic E-state index is -0.139. The number of amides is 1. The van der Waals surface area contributed by atoms with E-state index in [1.54, 1.807) is 42.0 Å². The van der Waals surface area contributed by atoms with E-state index in [9.17, 15) is 4.79 Å². The van der Waals surface area contributed by atoms with Gasteiger partial charge in [-0.15, -0.1) is 0 Å². The number of halogens is 2. The Morgan fingerprint density at radius 2 is 2.21 bits per heavy atom. The van der Waals surface area contributed by atoms with Crippen LogP contribution in [0.1, 0.15) is 16.1 Å². The number of carbonyl (C=O) groups is 1. The van der Waals surface area contributed by atoms with Crippen LogP contribution in [-0.2, 0) is 13.6 Å². The van der Waals surface area contributed by atoms with Crippen LogP contribution >= 0.6 is 23.2 Å². The molecule has 2 aromatic rings. The summed E-state index contributed by atoms with van der Waals surface area (Å²) >= 11 is 11.9. The van der Waals surface area contributed by atoms with Crippen LogP contribution in [0, 0.1) is 0 Å². The first kappa shape index (κ1) is 13.9. The lowest BCUT2D eigenvalue weighted by atomic mass is 10.2. The van der Waals surface area contributed by atoms with Crippen molar-refractivity contribution >= 4 is 29.1 Å². The number of rotatable bonds is 3. The van der Waals surface area contributed by atoms with E-state index in [0.29, 0.717) is 22.4 Å². The van der Waals surface area contributed by atoms with Crippen molar-refractivity contribution in [2.24, 2.45) is 7.05 Å². The maximum absolute atomic E-state index is 12.3. The molecule has 0 N–H and O–H groups in total. The number of hydrogen-bond acceptors (Lipinski definition) is 2. The second-order valence-electron chi connectivity index (χ2n) is 4.25. The van der Waals surface area contributed by atoms with E-state index in [4.69, 9.17) is 23.2 Å². The van der Waals surface area contributed by atoms with E-state index in [1.165, 1.54) is 0 Å². The lowest BCUT2D eigenvalue weighted by molar-refractivity contribution is 0.0775. The second kappa shape index (κ2) is 5.63. The van der Waals surface area contributed by atoms with Gasteiger partial charge in [-0.25, -0.2) is 0 Å². The van der Waals surface area contributed by atoms with Gasteiger partial charge in [-0.05, 0) is 17.7 Å². The Labute approximate surface area is 121 Å². The van der Waals surface area contributed by atoms with Crippen LogP contribution in [0.3, 0.4) is 0 Å². The van der Waals surface area contributed by atoms with Gasteiger partial charge in [-0.3, -0.25) is 9.78 Å². The molecule has 0 aliphatic heterocycles. The second-order valence-corrected chi connectivity index (χ2v) is 5.02. The van der Waals surface area contributed by atoms with Crippen molar-refractivity contribution in [2.75, 3.05) is 7.05 Å². The summed E-state index contributed by atoms with van der Waals surface area (Å²) in [6.45, 7) is 0.479. The molecule has 0 saturated heterocycles. The molecular formula is C13H13Cl2N3O. The minimum absolute atomic E-state index is 0.139. The van der Waals surface area contributed by atoms with E-state index in [0.717, 1.165) is 5.56 Å². The third-order valence-corrected chi connectivity index (χ3v) is 3.67. The maximum atomic E-state index is 12.3. The van der Waals surface area contributed by atoms with Crippen LogP contribution in [0.2, 0.25) is 10.2 Å². The van der Waals surface area contributed by atoms with Gasteiger partial charge in [-0.2, -0.15) is 0 Å². The minimum Gasteiger partial charge on any atom is -0.336 e. The van der Waals surface area contributed by atoms with Crippen LogP contribution in [0.5, 0.6) is 0 Å². The molecular weight excluding hydrogens is 285 g/mol. The molecule has 0 aliphatic carbocycles. The normalized spacial score (nSPS) is 10.5. The highest BCUT2D eigenvalue weighted by Crippen LogP contribution is 2.25. The van der Waals surface area contributed by atoms with Gasteiger partial charge >= 0.3 is 0 Å². The van der Waals surface area contributed by atoms with Crippen LogP contribution < -0.4 is 0 Å². The van der Waals surface area contributed by atoms with Crippen molar-refractivity contribution in [3.63, 3.8) is 0 Å². The van der Waals surface area contributed by atoms with Crippen LogP contribution in [-0.4, -0.2) is 27.4 Å². The van der Waals surface area contributed by atoms with Gasteiger partial charge in [0.1, 0.15) is 10.8 Å². The number of pyridine rings is 1. The smallest absolute Gasteiger partial charge is 0.270 e. The molecule has 4 nitrogen and oxygen atoms in total. The Morgan fingerprint density at radius 3 is 2.74 bits per heavy atom. The number of aromatic nitrogens is 2. The summed E-state index contributed by atoms with van der Waals surface area (Å²) in [4.78, 5) is 17.9. The fourth-order valence-electron chi connectivity index (χ4n) is 1.78. The SMILES string of the molecule is CN(Cc1cccnc1)C(=O)c1cc(Cl)c(Cl)n1C. The lowest BCUT2D eigenvalue weighted by Gasteiger charge is -2.17. The van der Waals surface area contributed by atoms with Crippen LogP contribution in [0.4, 0.5) is 0 Å². The molecule has 100 valence electrons.